The third kappa shape index (κ3) is 7.16. The molecule has 10 atom stereocenters. The maximum absolute atomic E-state index is 11.4. The number of aliphatic carboxylic acids is 1. The Morgan fingerprint density at radius 1 is 1.12 bits per heavy atom. The second-order valence-electron chi connectivity index (χ2n) is 14.0. The van der Waals surface area contributed by atoms with E-state index in [1.807, 2.05) is 13.8 Å². The zero-order chi connectivity index (χ0) is 30.1. The summed E-state index contributed by atoms with van der Waals surface area (Å²) >= 11 is 0. The average Bonchev–Trinajstić information content (AvgIpc) is 3.25. The van der Waals surface area contributed by atoms with Gasteiger partial charge in [-0.05, 0) is 106 Å². The number of carboxylic acids is 1. The molecule has 0 radical (unpaired) electrons. The number of carboxylic acid groups (broad SMARTS) is 1. The topological polar surface area (TPSA) is 137 Å². The molecule has 0 aromatic rings. The Morgan fingerprint density at radius 2 is 1.85 bits per heavy atom. The van der Waals surface area contributed by atoms with Gasteiger partial charge in [-0.1, -0.05) is 51.0 Å². The first-order valence-corrected chi connectivity index (χ1v) is 15.6. The minimum absolute atomic E-state index is 0.252. The van der Waals surface area contributed by atoms with E-state index >= 15 is 0 Å². The Bertz CT molecular complexity index is 1020. The van der Waals surface area contributed by atoms with E-state index in [0.717, 1.165) is 37.7 Å². The molecule has 1 aliphatic heterocycles. The molecule has 3 aliphatic carbocycles. The lowest BCUT2D eigenvalue weighted by Gasteiger charge is -2.44. The van der Waals surface area contributed by atoms with Crippen molar-refractivity contribution in [2.45, 2.75) is 141 Å². The van der Waals surface area contributed by atoms with Gasteiger partial charge in [0, 0.05) is 0 Å². The van der Waals surface area contributed by atoms with Gasteiger partial charge in [-0.25, -0.2) is 4.79 Å². The molecule has 0 amide bonds. The zero-order valence-corrected chi connectivity index (χ0v) is 25.3. The Hall–Kier alpha value is -1.55. The maximum Gasteiger partial charge on any atom is 0.335 e. The van der Waals surface area contributed by atoms with Gasteiger partial charge in [0.2, 0.25) is 0 Å². The summed E-state index contributed by atoms with van der Waals surface area (Å²) in [6.45, 7) is 12.8. The lowest BCUT2D eigenvalue weighted by molar-refractivity contribution is -0.317. The van der Waals surface area contributed by atoms with Crippen LogP contribution in [0.1, 0.15) is 98.3 Å². The summed E-state index contributed by atoms with van der Waals surface area (Å²) in [4.78, 5) is 11.4. The van der Waals surface area contributed by atoms with E-state index in [9.17, 15) is 30.3 Å². The van der Waals surface area contributed by atoms with E-state index < -0.39 is 42.3 Å². The summed E-state index contributed by atoms with van der Waals surface area (Å²) in [6, 6.07) is 0. The second-order valence-corrected chi connectivity index (χ2v) is 14.0. The van der Waals surface area contributed by atoms with Crippen molar-refractivity contribution in [3.05, 3.63) is 35.5 Å². The van der Waals surface area contributed by atoms with Crippen LogP contribution in [0.15, 0.2) is 35.5 Å². The Labute approximate surface area is 245 Å². The Morgan fingerprint density at radius 3 is 2.54 bits per heavy atom. The molecule has 0 aromatic heterocycles. The van der Waals surface area contributed by atoms with Crippen LogP contribution in [0.5, 0.6) is 0 Å². The van der Waals surface area contributed by atoms with Gasteiger partial charge >= 0.3 is 5.97 Å². The van der Waals surface area contributed by atoms with Crippen molar-refractivity contribution in [2.24, 2.45) is 23.2 Å². The number of aliphatic hydroxyl groups excluding tert-OH is 4. The van der Waals surface area contributed by atoms with Gasteiger partial charge in [0.05, 0.1) is 11.7 Å². The number of hydrogen-bond acceptors (Lipinski definition) is 7. The van der Waals surface area contributed by atoms with E-state index in [1.165, 1.54) is 31.3 Å². The van der Waals surface area contributed by atoms with Crippen LogP contribution in [0.4, 0.5) is 0 Å². The Kier molecular flexibility index (Phi) is 10.2. The molecule has 0 spiro atoms. The molecule has 232 valence electrons. The molecular formula is C33H52O8. The van der Waals surface area contributed by atoms with E-state index in [-0.39, 0.29) is 11.5 Å². The van der Waals surface area contributed by atoms with E-state index in [1.54, 1.807) is 5.57 Å². The number of aliphatic hydroxyl groups is 4. The highest BCUT2D eigenvalue weighted by atomic mass is 16.7. The monoisotopic (exact) mass is 576 g/mol. The fraction of sp³-hybridized carbons (Fsp3) is 0.788. The van der Waals surface area contributed by atoms with Crippen molar-refractivity contribution >= 4 is 5.97 Å². The molecular weight excluding hydrogens is 524 g/mol. The largest absolute Gasteiger partial charge is 0.479 e. The summed E-state index contributed by atoms with van der Waals surface area (Å²) < 4.78 is 11.3. The maximum atomic E-state index is 11.4. The highest BCUT2D eigenvalue weighted by Crippen LogP contribution is 2.60. The molecule has 4 fully saturated rings. The van der Waals surface area contributed by atoms with E-state index in [4.69, 9.17) is 9.47 Å². The normalized spacial score (nSPS) is 41.0. The molecule has 8 nitrogen and oxygen atoms in total. The summed E-state index contributed by atoms with van der Waals surface area (Å²) in [6.07, 6.45) is 7.59. The van der Waals surface area contributed by atoms with Crippen LogP contribution in [-0.4, -0.2) is 73.9 Å². The van der Waals surface area contributed by atoms with Gasteiger partial charge in [0.15, 0.2) is 12.4 Å². The molecule has 4 rings (SSSR count). The van der Waals surface area contributed by atoms with Crippen LogP contribution in [-0.2, 0) is 14.3 Å². The predicted octanol–water partition coefficient (Wildman–Crippen LogP) is 4.65. The number of ether oxygens (including phenoxy) is 2. The van der Waals surface area contributed by atoms with E-state index in [0.29, 0.717) is 30.6 Å². The molecule has 2 unspecified atom stereocenters. The molecule has 0 aromatic carbocycles. The standard InChI is InChI=1S/C33H52O8/c1-19(8-6-16-32(3,4)41-31-28(37)26(35)27(36)29(40-31)30(38)39)24-14-15-25-22(9-7-17-33(24,25)5)11-10-21-12-13-23(34)18-20(21)2/h10-11,19,23-29,31,34-37H,2,6-9,12-18H2,1,3-5H3,(H,38,39)/b21-10+,22-11+/t19-,23-,24-,25+,26-,27+,28?,29?,31+,33-/m1/s1. The molecule has 3 saturated carbocycles. The Balaban J connectivity index is 1.32. The predicted molar refractivity (Wildman–Crippen MR) is 156 cm³/mol. The minimum Gasteiger partial charge on any atom is -0.479 e. The van der Waals surface area contributed by atoms with Crippen molar-refractivity contribution in [1.29, 1.82) is 0 Å². The van der Waals surface area contributed by atoms with Crippen LogP contribution >= 0.6 is 0 Å². The number of allylic oxidation sites excluding steroid dienone is 4. The van der Waals surface area contributed by atoms with Crippen molar-refractivity contribution < 1.29 is 39.8 Å². The van der Waals surface area contributed by atoms with Crippen LogP contribution < -0.4 is 0 Å². The molecule has 1 heterocycles. The fourth-order valence-electron chi connectivity index (χ4n) is 8.21. The molecule has 0 bridgehead atoms. The zero-order valence-electron chi connectivity index (χ0n) is 25.3. The van der Waals surface area contributed by atoms with Gasteiger partial charge in [-0.2, -0.15) is 0 Å². The van der Waals surface area contributed by atoms with Crippen LogP contribution in [0.25, 0.3) is 0 Å². The van der Waals surface area contributed by atoms with Crippen LogP contribution in [0.3, 0.4) is 0 Å². The average molecular weight is 577 g/mol. The second kappa shape index (κ2) is 13.0. The number of fused-ring (bicyclic) bond motifs is 1. The highest BCUT2D eigenvalue weighted by molar-refractivity contribution is 5.73. The van der Waals surface area contributed by atoms with Crippen molar-refractivity contribution in [3.63, 3.8) is 0 Å². The van der Waals surface area contributed by atoms with Crippen molar-refractivity contribution in [2.75, 3.05) is 0 Å². The number of carbonyl (C=O) groups is 1. The molecule has 41 heavy (non-hydrogen) atoms. The first-order valence-electron chi connectivity index (χ1n) is 15.6. The van der Waals surface area contributed by atoms with Gasteiger partial charge in [-0.15, -0.1) is 0 Å². The van der Waals surface area contributed by atoms with Crippen LogP contribution in [0.2, 0.25) is 0 Å². The van der Waals surface area contributed by atoms with E-state index in [2.05, 4.69) is 32.6 Å². The SMILES string of the molecule is C=C1C[C@H](O)CC/C1=C\C=C1/CCC[C@]2(C)[C@@H]([C@H](C)CCCC(C)(C)O[C@@H]3OC(C(=O)O)[C@@H](O)[C@@H](O)C3O)CC[C@@H]12. The molecule has 5 N–H and O–H groups in total. The first kappa shape index (κ1) is 32.4. The van der Waals surface area contributed by atoms with Crippen molar-refractivity contribution in [3.8, 4) is 0 Å². The van der Waals surface area contributed by atoms with Gasteiger partial charge in [-0.3, -0.25) is 0 Å². The third-order valence-corrected chi connectivity index (χ3v) is 10.6. The van der Waals surface area contributed by atoms with Crippen molar-refractivity contribution in [1.82, 2.24) is 0 Å². The number of rotatable bonds is 9. The summed E-state index contributed by atoms with van der Waals surface area (Å²) in [7, 11) is 0. The smallest absolute Gasteiger partial charge is 0.335 e. The first-order chi connectivity index (χ1) is 19.2. The van der Waals surface area contributed by atoms with Gasteiger partial charge in [0.25, 0.3) is 0 Å². The van der Waals surface area contributed by atoms with Gasteiger partial charge < -0.3 is 35.0 Å². The molecule has 4 aliphatic rings. The third-order valence-electron chi connectivity index (χ3n) is 10.6. The molecule has 8 heteroatoms. The quantitative estimate of drug-likeness (QED) is 0.268. The minimum atomic E-state index is -1.73. The summed E-state index contributed by atoms with van der Waals surface area (Å²) in [5.41, 5.74) is 3.51. The highest BCUT2D eigenvalue weighted by Gasteiger charge is 2.51. The number of hydrogen-bond donors (Lipinski definition) is 5. The summed E-state index contributed by atoms with van der Waals surface area (Å²) in [5.74, 6) is 0.382. The summed E-state index contributed by atoms with van der Waals surface area (Å²) in [5, 5.41) is 49.6. The van der Waals surface area contributed by atoms with Crippen LogP contribution in [0, 0.1) is 23.2 Å². The van der Waals surface area contributed by atoms with Gasteiger partial charge in [0.1, 0.15) is 18.3 Å². The lowest BCUT2D eigenvalue weighted by atomic mass is 9.60. The fourth-order valence-corrected chi connectivity index (χ4v) is 8.21. The lowest BCUT2D eigenvalue weighted by Crippen LogP contribution is -2.61. The molecule has 1 saturated heterocycles.